The van der Waals surface area contributed by atoms with E-state index in [2.05, 4.69) is 22.3 Å². The van der Waals surface area contributed by atoms with E-state index in [9.17, 15) is 0 Å². The Morgan fingerprint density at radius 1 is 0.812 bits per heavy atom. The van der Waals surface area contributed by atoms with Gasteiger partial charge in [0.05, 0.1) is 0 Å². The lowest BCUT2D eigenvalue weighted by Gasteiger charge is -2.00. The average Bonchev–Trinajstić information content (AvgIpc) is 2.31. The van der Waals surface area contributed by atoms with Gasteiger partial charge in [0.25, 0.3) is 0 Å². The van der Waals surface area contributed by atoms with Crippen molar-refractivity contribution in [1.82, 2.24) is 0 Å². The molecule has 0 aromatic heterocycles. The molecule has 0 atom stereocenters. The third-order valence-electron chi connectivity index (χ3n) is 1.93. The molecule has 2 aromatic carbocycles. The van der Waals surface area contributed by atoms with Crippen molar-refractivity contribution in [2.75, 3.05) is 0 Å². The molecule has 16 heavy (non-hydrogen) atoms. The zero-order valence-corrected chi connectivity index (χ0v) is 14.2. The molecule has 0 saturated heterocycles. The molecular weight excluding hydrogens is 252 g/mol. The third kappa shape index (κ3) is 4.32. The molecular formula is C12H15ClOSi2. The minimum Gasteiger partial charge on any atom is -0.471 e. The van der Waals surface area contributed by atoms with Crippen molar-refractivity contribution in [3.63, 3.8) is 0 Å². The van der Waals surface area contributed by atoms with Gasteiger partial charge in [-0.1, -0.05) is 54.1 Å². The molecule has 0 aliphatic carbocycles. The summed E-state index contributed by atoms with van der Waals surface area (Å²) in [5, 5.41) is 0.779. The molecule has 0 bridgehead atoms. The molecule has 0 fully saturated rings. The fourth-order valence-electron chi connectivity index (χ4n) is 1.30. The Kier molecular flexibility index (Phi) is 6.11. The van der Waals surface area contributed by atoms with Crippen LogP contribution in [0.3, 0.4) is 0 Å². The van der Waals surface area contributed by atoms with Crippen molar-refractivity contribution >= 4 is 32.6 Å². The summed E-state index contributed by atoms with van der Waals surface area (Å²) in [5.74, 6) is 0. The smallest absolute Gasteiger partial charge is 0.129 e. The summed E-state index contributed by atoms with van der Waals surface area (Å²) in [6.07, 6.45) is 0. The topological polar surface area (TPSA) is 9.23 Å². The van der Waals surface area contributed by atoms with Gasteiger partial charge in [-0.15, -0.1) is 0 Å². The highest BCUT2D eigenvalue weighted by Crippen LogP contribution is 2.21. The van der Waals surface area contributed by atoms with E-state index in [1.54, 1.807) is 0 Å². The first-order valence-corrected chi connectivity index (χ1v) is 7.00. The quantitative estimate of drug-likeness (QED) is 0.712. The molecule has 0 heterocycles. The van der Waals surface area contributed by atoms with Crippen LogP contribution >= 0.6 is 11.6 Å². The maximum atomic E-state index is 5.89. The molecule has 0 amide bonds. The lowest BCUT2D eigenvalue weighted by molar-refractivity contribution is 0.690. The Hall–Kier alpha value is -0.876. The minimum absolute atomic E-state index is 0.779. The predicted molar refractivity (Wildman–Crippen MR) is 77.9 cm³/mol. The lowest BCUT2D eigenvalue weighted by Crippen LogP contribution is -1.75. The normalized spacial score (nSPS) is 9.56. The average molecular weight is 267 g/mol. The van der Waals surface area contributed by atoms with E-state index in [4.69, 9.17) is 11.6 Å². The molecule has 0 radical (unpaired) electrons. The fourth-order valence-corrected chi connectivity index (χ4v) is 1.49. The van der Waals surface area contributed by atoms with Crippen molar-refractivity contribution in [3.8, 4) is 11.1 Å². The van der Waals surface area contributed by atoms with Crippen LogP contribution < -0.4 is 0 Å². The highest BCUT2D eigenvalue weighted by molar-refractivity contribution is 6.30. The molecule has 0 unspecified atom stereocenters. The highest BCUT2D eigenvalue weighted by Gasteiger charge is 1.95. The zero-order chi connectivity index (χ0) is 11.8. The van der Waals surface area contributed by atoms with Gasteiger partial charge in [-0.2, -0.15) is 0 Å². The van der Waals surface area contributed by atoms with Crippen LogP contribution in [-0.4, -0.2) is 21.0 Å². The monoisotopic (exact) mass is 266 g/mol. The van der Waals surface area contributed by atoms with Gasteiger partial charge in [0, 0.05) is 5.02 Å². The Balaban J connectivity index is 0.000000386. The summed E-state index contributed by atoms with van der Waals surface area (Å²) in [5.41, 5.74) is 2.36. The van der Waals surface area contributed by atoms with Crippen LogP contribution in [0, 0.1) is 0 Å². The van der Waals surface area contributed by atoms with Crippen LogP contribution in [0.25, 0.3) is 11.1 Å². The van der Waals surface area contributed by atoms with E-state index in [1.165, 1.54) is 5.56 Å². The molecule has 84 valence electrons. The zero-order valence-electron chi connectivity index (χ0n) is 9.48. The summed E-state index contributed by atoms with van der Waals surface area (Å²) in [4.78, 5) is 0. The van der Waals surface area contributed by atoms with Gasteiger partial charge >= 0.3 is 0 Å². The Bertz CT molecular complexity index is 420. The van der Waals surface area contributed by atoms with Crippen LogP contribution in [0.15, 0.2) is 54.6 Å². The maximum absolute atomic E-state index is 5.89. The molecule has 2 aromatic rings. The van der Waals surface area contributed by atoms with Crippen molar-refractivity contribution in [3.05, 3.63) is 59.6 Å². The second-order valence-corrected chi connectivity index (χ2v) is 6.99. The second kappa shape index (κ2) is 7.41. The lowest BCUT2D eigenvalue weighted by atomic mass is 10.1. The largest absolute Gasteiger partial charge is 0.471 e. The SMILES string of the molecule is Clc1cccc(-c2ccccc2)c1.[SiH3]O[SiH3]. The fraction of sp³-hybridized carbons (Fsp3) is 0. The van der Waals surface area contributed by atoms with E-state index in [0.717, 1.165) is 31.6 Å². The van der Waals surface area contributed by atoms with Gasteiger partial charge in [0.15, 0.2) is 0 Å². The van der Waals surface area contributed by atoms with Crippen LogP contribution in [0.5, 0.6) is 0 Å². The molecule has 0 saturated carbocycles. The number of rotatable bonds is 1. The number of benzene rings is 2. The molecule has 2 rings (SSSR count). The number of hydrogen-bond acceptors (Lipinski definition) is 1. The van der Waals surface area contributed by atoms with E-state index in [1.807, 2.05) is 36.4 Å². The summed E-state index contributed by atoms with van der Waals surface area (Å²) < 4.78 is 4.53. The summed E-state index contributed by atoms with van der Waals surface area (Å²) in [6.45, 7) is 0. The van der Waals surface area contributed by atoms with Crippen LogP contribution in [0.4, 0.5) is 0 Å². The first-order chi connectivity index (χ1) is 7.77. The van der Waals surface area contributed by atoms with Crippen LogP contribution in [0.2, 0.25) is 5.02 Å². The van der Waals surface area contributed by atoms with Crippen molar-refractivity contribution < 1.29 is 4.12 Å². The molecule has 0 N–H and O–H groups in total. The molecule has 1 nitrogen and oxygen atoms in total. The van der Waals surface area contributed by atoms with E-state index < -0.39 is 0 Å². The number of hydrogen-bond donors (Lipinski definition) is 0. The summed E-state index contributed by atoms with van der Waals surface area (Å²) in [7, 11) is 1.86. The molecule has 0 aliphatic rings. The molecule has 4 heteroatoms. The first kappa shape index (κ1) is 13.2. The van der Waals surface area contributed by atoms with Crippen molar-refractivity contribution in [1.29, 1.82) is 0 Å². The summed E-state index contributed by atoms with van der Waals surface area (Å²) in [6, 6.07) is 18.1. The van der Waals surface area contributed by atoms with E-state index >= 15 is 0 Å². The molecule has 0 spiro atoms. The van der Waals surface area contributed by atoms with Gasteiger partial charge in [-0.25, -0.2) is 0 Å². The van der Waals surface area contributed by atoms with E-state index in [0.29, 0.717) is 0 Å². The van der Waals surface area contributed by atoms with Crippen LogP contribution in [0.1, 0.15) is 0 Å². The minimum atomic E-state index is 0.779. The Morgan fingerprint density at radius 3 is 1.94 bits per heavy atom. The molecule has 0 aliphatic heterocycles. The Labute approximate surface area is 107 Å². The maximum Gasteiger partial charge on any atom is 0.129 e. The third-order valence-corrected chi connectivity index (χ3v) is 2.17. The summed E-state index contributed by atoms with van der Waals surface area (Å²) >= 11 is 5.89. The van der Waals surface area contributed by atoms with Gasteiger partial charge in [0.2, 0.25) is 0 Å². The first-order valence-electron chi connectivity index (χ1n) is 4.99. The van der Waals surface area contributed by atoms with Crippen molar-refractivity contribution in [2.45, 2.75) is 0 Å². The van der Waals surface area contributed by atoms with Gasteiger partial charge in [-0.05, 0) is 23.3 Å². The second-order valence-electron chi connectivity index (χ2n) is 3.28. The highest BCUT2D eigenvalue weighted by atomic mass is 35.5. The Morgan fingerprint density at radius 2 is 1.38 bits per heavy atom. The standard InChI is InChI=1S/C12H9Cl.H6OSi2/c13-12-8-4-7-11(9-12)10-5-2-1-3-6-10;2-1-3/h1-9H;2-3H3. The number of halogens is 1. The van der Waals surface area contributed by atoms with Crippen molar-refractivity contribution in [2.24, 2.45) is 0 Å². The van der Waals surface area contributed by atoms with E-state index in [-0.39, 0.29) is 0 Å². The van der Waals surface area contributed by atoms with Gasteiger partial charge in [-0.3, -0.25) is 0 Å². The van der Waals surface area contributed by atoms with Crippen LogP contribution in [-0.2, 0) is 4.12 Å². The predicted octanol–water partition coefficient (Wildman–Crippen LogP) is 1.57. The van der Waals surface area contributed by atoms with Gasteiger partial charge in [0.1, 0.15) is 21.0 Å². The van der Waals surface area contributed by atoms with Gasteiger partial charge < -0.3 is 4.12 Å².